The summed E-state index contributed by atoms with van der Waals surface area (Å²) in [4.78, 5) is 43.5. The molecule has 204 valence electrons. The van der Waals surface area contributed by atoms with Gasteiger partial charge in [0, 0.05) is 21.4 Å². The summed E-state index contributed by atoms with van der Waals surface area (Å²) in [6.07, 6.45) is -4.78. The highest BCUT2D eigenvalue weighted by atomic mass is 35.5. The van der Waals surface area contributed by atoms with Crippen molar-refractivity contribution in [3.63, 3.8) is 0 Å². The number of benzene rings is 3. The van der Waals surface area contributed by atoms with Crippen LogP contribution in [0.25, 0.3) is 0 Å². The highest BCUT2D eigenvalue weighted by Gasteiger charge is 2.57. The van der Waals surface area contributed by atoms with E-state index in [9.17, 15) is 27.6 Å². The van der Waals surface area contributed by atoms with Crippen molar-refractivity contribution in [2.45, 2.75) is 29.0 Å². The molecule has 2 aliphatic rings. The van der Waals surface area contributed by atoms with Gasteiger partial charge in [-0.05, 0) is 35.9 Å². The molecule has 1 saturated heterocycles. The molecule has 0 bridgehead atoms. The SMILES string of the molecule is O=C1C2Sc3[nH]c(=O)sc3C(c3ccccc3OCc3cccc(Cl)c3)C2C(=O)N1c1ccccc1C(F)(F)F. The molecule has 3 atom stereocenters. The monoisotopic (exact) mass is 602 g/mol. The van der Waals surface area contributed by atoms with E-state index in [0.29, 0.717) is 31.1 Å². The highest BCUT2D eigenvalue weighted by Crippen LogP contribution is 2.55. The Morgan fingerprint density at radius 1 is 0.950 bits per heavy atom. The average molecular weight is 603 g/mol. The molecule has 0 aliphatic carbocycles. The van der Waals surface area contributed by atoms with E-state index in [1.54, 1.807) is 42.5 Å². The number of para-hydroxylation sites is 2. The lowest BCUT2D eigenvalue weighted by Gasteiger charge is -2.30. The largest absolute Gasteiger partial charge is 0.489 e. The molecule has 3 unspecified atom stereocenters. The minimum atomic E-state index is -4.78. The molecular weight excluding hydrogens is 585 g/mol. The van der Waals surface area contributed by atoms with Gasteiger partial charge in [0.15, 0.2) is 0 Å². The van der Waals surface area contributed by atoms with Gasteiger partial charge in [0.25, 0.3) is 0 Å². The van der Waals surface area contributed by atoms with E-state index in [-0.39, 0.29) is 11.5 Å². The van der Waals surface area contributed by atoms with Crippen LogP contribution >= 0.6 is 34.7 Å². The maximum absolute atomic E-state index is 13.9. The van der Waals surface area contributed by atoms with Crippen LogP contribution in [0.4, 0.5) is 18.9 Å². The van der Waals surface area contributed by atoms with Gasteiger partial charge in [-0.3, -0.25) is 14.4 Å². The van der Waals surface area contributed by atoms with Gasteiger partial charge >= 0.3 is 11.0 Å². The van der Waals surface area contributed by atoms with Crippen molar-refractivity contribution in [1.29, 1.82) is 0 Å². The van der Waals surface area contributed by atoms with Crippen LogP contribution in [0.5, 0.6) is 5.75 Å². The molecule has 3 aromatic carbocycles. The molecule has 6 rings (SSSR count). The Kier molecular flexibility index (Phi) is 6.76. The third-order valence-corrected chi connectivity index (χ3v) is 9.45. The van der Waals surface area contributed by atoms with Gasteiger partial charge in [-0.15, -0.1) is 0 Å². The number of nitrogens with one attached hydrogen (secondary N) is 1. The molecule has 0 spiro atoms. The Morgan fingerprint density at radius 2 is 1.70 bits per heavy atom. The first kappa shape index (κ1) is 26.7. The maximum atomic E-state index is 13.9. The smallest absolute Gasteiger partial charge is 0.418 e. The molecular formula is C28H18ClF3N2O4S2. The Morgan fingerprint density at radius 3 is 2.48 bits per heavy atom. The van der Waals surface area contributed by atoms with E-state index in [1.807, 2.05) is 6.07 Å². The number of ether oxygens (including phenoxy) is 1. The predicted molar refractivity (Wildman–Crippen MR) is 146 cm³/mol. The number of hydrogen-bond acceptors (Lipinski definition) is 6. The van der Waals surface area contributed by atoms with Crippen LogP contribution in [0, 0.1) is 5.92 Å². The summed E-state index contributed by atoms with van der Waals surface area (Å²) in [5, 5.41) is -0.0897. The summed E-state index contributed by atoms with van der Waals surface area (Å²) >= 11 is 8.00. The van der Waals surface area contributed by atoms with E-state index in [2.05, 4.69) is 4.98 Å². The van der Waals surface area contributed by atoms with Crippen LogP contribution in [-0.2, 0) is 22.4 Å². The first-order valence-electron chi connectivity index (χ1n) is 12.0. The second-order valence-electron chi connectivity index (χ2n) is 9.23. The Hall–Kier alpha value is -3.54. The van der Waals surface area contributed by atoms with Crippen molar-refractivity contribution in [2.24, 2.45) is 5.92 Å². The molecule has 40 heavy (non-hydrogen) atoms. The van der Waals surface area contributed by atoms with Crippen LogP contribution < -0.4 is 14.5 Å². The zero-order chi connectivity index (χ0) is 28.2. The number of halogens is 4. The van der Waals surface area contributed by atoms with Crippen molar-refractivity contribution < 1.29 is 27.5 Å². The fourth-order valence-corrected chi connectivity index (χ4v) is 7.87. The lowest BCUT2D eigenvalue weighted by atomic mass is 9.82. The van der Waals surface area contributed by atoms with Crippen molar-refractivity contribution in [2.75, 3.05) is 4.90 Å². The lowest BCUT2D eigenvalue weighted by molar-refractivity contribution is -0.137. The number of alkyl halides is 3. The number of aromatic nitrogens is 1. The molecule has 0 saturated carbocycles. The van der Waals surface area contributed by atoms with Crippen molar-refractivity contribution in [3.05, 3.63) is 109 Å². The van der Waals surface area contributed by atoms with Gasteiger partial charge in [0.05, 0.1) is 22.2 Å². The number of anilines is 1. The second kappa shape index (κ2) is 10.1. The average Bonchev–Trinajstić information content (AvgIpc) is 3.41. The first-order valence-corrected chi connectivity index (χ1v) is 14.1. The zero-order valence-corrected chi connectivity index (χ0v) is 22.7. The number of imide groups is 1. The molecule has 12 heteroatoms. The molecule has 1 aromatic heterocycles. The predicted octanol–water partition coefficient (Wildman–Crippen LogP) is 6.48. The molecule has 2 aliphatic heterocycles. The number of aromatic amines is 1. The van der Waals surface area contributed by atoms with Crippen LogP contribution in [-0.4, -0.2) is 22.0 Å². The zero-order valence-electron chi connectivity index (χ0n) is 20.3. The molecule has 1 fully saturated rings. The Bertz CT molecular complexity index is 1700. The summed E-state index contributed by atoms with van der Waals surface area (Å²) in [5.41, 5.74) is -0.247. The van der Waals surface area contributed by atoms with Crippen LogP contribution in [0.3, 0.4) is 0 Å². The fourth-order valence-electron chi connectivity index (χ4n) is 5.15. The van der Waals surface area contributed by atoms with Crippen molar-refractivity contribution in [1.82, 2.24) is 4.98 Å². The summed E-state index contributed by atoms with van der Waals surface area (Å²) in [5.74, 6) is -2.98. The van der Waals surface area contributed by atoms with Crippen LogP contribution in [0.2, 0.25) is 5.02 Å². The summed E-state index contributed by atoms with van der Waals surface area (Å²) < 4.78 is 47.7. The number of H-pyrrole nitrogens is 1. The first-order chi connectivity index (χ1) is 19.1. The highest BCUT2D eigenvalue weighted by molar-refractivity contribution is 8.00. The number of rotatable bonds is 5. The number of thioether (sulfide) groups is 1. The van der Waals surface area contributed by atoms with Gasteiger partial charge in [0.1, 0.15) is 17.6 Å². The van der Waals surface area contributed by atoms with Crippen molar-refractivity contribution >= 4 is 52.2 Å². The number of carbonyl (C=O) groups excluding carboxylic acids is 2. The number of hydrogen-bond donors (Lipinski definition) is 1. The number of amides is 2. The van der Waals surface area contributed by atoms with Crippen molar-refractivity contribution in [3.8, 4) is 5.75 Å². The third kappa shape index (κ3) is 4.61. The maximum Gasteiger partial charge on any atom is 0.418 e. The van der Waals surface area contributed by atoms with Gasteiger partial charge in [-0.2, -0.15) is 13.2 Å². The Labute approximate surface area is 238 Å². The summed E-state index contributed by atoms with van der Waals surface area (Å²) in [7, 11) is 0. The Balaban J connectivity index is 1.44. The van der Waals surface area contributed by atoms with Crippen LogP contribution in [0.1, 0.15) is 27.5 Å². The molecule has 3 heterocycles. The standard InChI is InChI=1S/C28H18ClF3N2O4S2/c29-15-7-5-6-14(12-15)13-38-19-11-4-1-8-16(19)20-21-23(39-24-22(20)40-27(37)33-24)26(36)34(25(21)35)18-10-3-2-9-17(18)28(30,31)32/h1-12,20-21,23H,13H2,(H,33,37). The number of thiazole rings is 1. The van der Waals surface area contributed by atoms with Gasteiger partial charge in [0.2, 0.25) is 11.8 Å². The minimum Gasteiger partial charge on any atom is -0.489 e. The summed E-state index contributed by atoms with van der Waals surface area (Å²) in [6, 6.07) is 18.6. The van der Waals surface area contributed by atoms with Gasteiger partial charge in [-0.1, -0.05) is 77.2 Å². The number of fused-ring (bicyclic) bond motifs is 2. The van der Waals surface area contributed by atoms with E-state index < -0.39 is 46.3 Å². The second-order valence-corrected chi connectivity index (χ2v) is 11.8. The lowest BCUT2D eigenvalue weighted by Crippen LogP contribution is -2.33. The third-order valence-electron chi connectivity index (χ3n) is 6.81. The minimum absolute atomic E-state index is 0.154. The molecule has 6 nitrogen and oxygen atoms in total. The van der Waals surface area contributed by atoms with Gasteiger partial charge in [-0.25, -0.2) is 4.90 Å². The molecule has 1 N–H and O–H groups in total. The van der Waals surface area contributed by atoms with E-state index in [4.69, 9.17) is 16.3 Å². The van der Waals surface area contributed by atoms with Crippen LogP contribution in [0.15, 0.2) is 82.6 Å². The van der Waals surface area contributed by atoms with E-state index in [1.165, 1.54) is 12.1 Å². The molecule has 0 radical (unpaired) electrons. The normalized spacial score (nSPS) is 20.4. The topological polar surface area (TPSA) is 79.5 Å². The van der Waals surface area contributed by atoms with E-state index >= 15 is 0 Å². The summed E-state index contributed by atoms with van der Waals surface area (Å²) in [6.45, 7) is 0.154. The van der Waals surface area contributed by atoms with Gasteiger partial charge < -0.3 is 9.72 Å². The fraction of sp³-hybridized carbons (Fsp3) is 0.179. The number of nitrogens with zero attached hydrogens (tertiary/aromatic N) is 1. The molecule has 4 aromatic rings. The number of carbonyl (C=O) groups is 2. The molecule has 2 amide bonds. The van der Waals surface area contributed by atoms with E-state index in [0.717, 1.165) is 40.8 Å². The quantitative estimate of drug-likeness (QED) is 0.264.